The molecule has 1 aromatic rings. The van der Waals surface area contributed by atoms with E-state index in [0.29, 0.717) is 17.7 Å². The second-order valence-electron chi connectivity index (χ2n) is 4.70. The van der Waals surface area contributed by atoms with Gasteiger partial charge in [0, 0.05) is 17.4 Å². The molecule has 0 aliphatic heterocycles. The standard InChI is InChI=1S/C13H16O3/c1-13(2)7-8(14)11-9(15-3)5-6-10(16-4)12(11)13/h5-6H,7H2,1-4H3. The molecule has 0 bridgehead atoms. The van der Waals surface area contributed by atoms with Crippen LogP contribution in [0.4, 0.5) is 0 Å². The van der Waals surface area contributed by atoms with Crippen molar-refractivity contribution in [3.05, 3.63) is 23.3 Å². The summed E-state index contributed by atoms with van der Waals surface area (Å²) in [4.78, 5) is 12.0. The van der Waals surface area contributed by atoms with Crippen molar-refractivity contribution in [3.8, 4) is 11.5 Å². The van der Waals surface area contributed by atoms with Crippen LogP contribution in [0, 0.1) is 0 Å². The summed E-state index contributed by atoms with van der Waals surface area (Å²) >= 11 is 0. The number of hydrogen-bond donors (Lipinski definition) is 0. The molecule has 0 spiro atoms. The summed E-state index contributed by atoms with van der Waals surface area (Å²) in [7, 11) is 3.21. The Balaban J connectivity index is 2.74. The zero-order valence-electron chi connectivity index (χ0n) is 10.1. The van der Waals surface area contributed by atoms with Gasteiger partial charge in [0.15, 0.2) is 5.78 Å². The molecule has 86 valence electrons. The Bertz CT molecular complexity index is 447. The van der Waals surface area contributed by atoms with Gasteiger partial charge in [-0.1, -0.05) is 13.8 Å². The molecule has 0 radical (unpaired) electrons. The number of hydrogen-bond acceptors (Lipinski definition) is 3. The lowest BCUT2D eigenvalue weighted by Gasteiger charge is -2.21. The third kappa shape index (κ3) is 1.39. The lowest BCUT2D eigenvalue weighted by Crippen LogP contribution is -2.13. The van der Waals surface area contributed by atoms with Crippen molar-refractivity contribution in [2.45, 2.75) is 25.7 Å². The van der Waals surface area contributed by atoms with E-state index in [4.69, 9.17) is 9.47 Å². The van der Waals surface area contributed by atoms with Gasteiger partial charge in [0.25, 0.3) is 0 Å². The second-order valence-corrected chi connectivity index (χ2v) is 4.70. The fraction of sp³-hybridized carbons (Fsp3) is 0.462. The smallest absolute Gasteiger partial charge is 0.167 e. The number of fused-ring (bicyclic) bond motifs is 1. The molecule has 1 aliphatic carbocycles. The van der Waals surface area contributed by atoms with E-state index in [1.807, 2.05) is 6.07 Å². The van der Waals surface area contributed by atoms with E-state index in [-0.39, 0.29) is 11.2 Å². The normalized spacial score (nSPS) is 17.1. The fourth-order valence-corrected chi connectivity index (χ4v) is 2.43. The Labute approximate surface area is 95.4 Å². The molecule has 1 aliphatic rings. The topological polar surface area (TPSA) is 35.5 Å². The van der Waals surface area contributed by atoms with Gasteiger partial charge in [0.05, 0.1) is 19.8 Å². The monoisotopic (exact) mass is 220 g/mol. The highest BCUT2D eigenvalue weighted by atomic mass is 16.5. The molecule has 1 aromatic carbocycles. The lowest BCUT2D eigenvalue weighted by atomic mass is 9.86. The van der Waals surface area contributed by atoms with Crippen LogP contribution in [0.5, 0.6) is 11.5 Å². The van der Waals surface area contributed by atoms with Crippen LogP contribution >= 0.6 is 0 Å². The van der Waals surface area contributed by atoms with E-state index in [0.717, 1.165) is 11.3 Å². The molecule has 16 heavy (non-hydrogen) atoms. The summed E-state index contributed by atoms with van der Waals surface area (Å²) in [5.74, 6) is 1.55. The average Bonchev–Trinajstić information content (AvgIpc) is 2.49. The van der Waals surface area contributed by atoms with Crippen molar-refractivity contribution >= 4 is 5.78 Å². The molecule has 0 unspecified atom stereocenters. The van der Waals surface area contributed by atoms with Gasteiger partial charge >= 0.3 is 0 Å². The van der Waals surface area contributed by atoms with Crippen molar-refractivity contribution in [2.75, 3.05) is 14.2 Å². The molecular formula is C13H16O3. The Morgan fingerprint density at radius 1 is 1.12 bits per heavy atom. The van der Waals surface area contributed by atoms with Crippen LogP contribution in [0.1, 0.15) is 36.2 Å². The summed E-state index contributed by atoms with van der Waals surface area (Å²) in [6, 6.07) is 3.65. The third-order valence-electron chi connectivity index (χ3n) is 3.13. The lowest BCUT2D eigenvalue weighted by molar-refractivity contribution is 0.0977. The maximum Gasteiger partial charge on any atom is 0.167 e. The summed E-state index contributed by atoms with van der Waals surface area (Å²) in [5, 5.41) is 0. The highest BCUT2D eigenvalue weighted by Crippen LogP contribution is 2.47. The van der Waals surface area contributed by atoms with Crippen LogP contribution in [-0.2, 0) is 5.41 Å². The van der Waals surface area contributed by atoms with Crippen LogP contribution in [0.2, 0.25) is 0 Å². The van der Waals surface area contributed by atoms with Gasteiger partial charge in [-0.05, 0) is 12.1 Å². The van der Waals surface area contributed by atoms with Crippen LogP contribution in [0.3, 0.4) is 0 Å². The molecule has 3 heteroatoms. The molecule has 0 saturated heterocycles. The van der Waals surface area contributed by atoms with Crippen molar-refractivity contribution < 1.29 is 14.3 Å². The third-order valence-corrected chi connectivity index (χ3v) is 3.13. The molecule has 0 fully saturated rings. The van der Waals surface area contributed by atoms with E-state index in [9.17, 15) is 4.79 Å². The first kappa shape index (κ1) is 11.0. The maximum atomic E-state index is 12.0. The number of carbonyl (C=O) groups is 1. The van der Waals surface area contributed by atoms with Crippen LogP contribution in [-0.4, -0.2) is 20.0 Å². The van der Waals surface area contributed by atoms with Crippen molar-refractivity contribution in [3.63, 3.8) is 0 Å². The molecule has 0 amide bonds. The van der Waals surface area contributed by atoms with Crippen molar-refractivity contribution in [2.24, 2.45) is 0 Å². The van der Waals surface area contributed by atoms with Gasteiger partial charge in [-0.15, -0.1) is 0 Å². The van der Waals surface area contributed by atoms with E-state index < -0.39 is 0 Å². The Kier molecular flexibility index (Phi) is 2.41. The molecule has 0 aromatic heterocycles. The number of ketones is 1. The number of methoxy groups -OCH3 is 2. The van der Waals surface area contributed by atoms with Gasteiger partial charge < -0.3 is 9.47 Å². The Morgan fingerprint density at radius 2 is 1.69 bits per heavy atom. The molecule has 0 saturated carbocycles. The minimum absolute atomic E-state index is 0.135. The zero-order chi connectivity index (χ0) is 11.9. The van der Waals surface area contributed by atoms with Crippen LogP contribution in [0.15, 0.2) is 12.1 Å². The number of rotatable bonds is 2. The molecule has 0 atom stereocenters. The predicted octanol–water partition coefficient (Wildman–Crippen LogP) is 2.57. The largest absolute Gasteiger partial charge is 0.496 e. The van der Waals surface area contributed by atoms with Gasteiger partial charge in [0.2, 0.25) is 0 Å². The summed E-state index contributed by atoms with van der Waals surface area (Å²) in [6.07, 6.45) is 0.513. The average molecular weight is 220 g/mol. The number of benzene rings is 1. The second kappa shape index (κ2) is 3.51. The van der Waals surface area contributed by atoms with E-state index >= 15 is 0 Å². The summed E-state index contributed by atoms with van der Waals surface area (Å²) in [6.45, 7) is 4.11. The SMILES string of the molecule is COc1ccc(OC)c2c1C(=O)CC2(C)C. The molecule has 3 nitrogen and oxygen atoms in total. The molecule has 2 rings (SSSR count). The molecule has 0 N–H and O–H groups in total. The minimum Gasteiger partial charge on any atom is -0.496 e. The van der Waals surface area contributed by atoms with E-state index in [2.05, 4.69) is 13.8 Å². The van der Waals surface area contributed by atoms with E-state index in [1.54, 1.807) is 20.3 Å². The number of carbonyl (C=O) groups excluding carboxylic acids is 1. The first-order valence-electron chi connectivity index (χ1n) is 5.30. The zero-order valence-corrected chi connectivity index (χ0v) is 10.1. The highest BCUT2D eigenvalue weighted by Gasteiger charge is 2.40. The number of Topliss-reactive ketones (excluding diaryl/α,β-unsaturated/α-hetero) is 1. The van der Waals surface area contributed by atoms with Crippen LogP contribution in [0.25, 0.3) is 0 Å². The maximum absolute atomic E-state index is 12.0. The quantitative estimate of drug-likeness (QED) is 0.768. The summed E-state index contributed by atoms with van der Waals surface area (Å²) < 4.78 is 10.6. The number of ether oxygens (including phenoxy) is 2. The molecular weight excluding hydrogens is 204 g/mol. The summed E-state index contributed by atoms with van der Waals surface area (Å²) in [5.41, 5.74) is 1.48. The van der Waals surface area contributed by atoms with Crippen molar-refractivity contribution in [1.29, 1.82) is 0 Å². The van der Waals surface area contributed by atoms with Crippen molar-refractivity contribution in [1.82, 2.24) is 0 Å². The fourth-order valence-electron chi connectivity index (χ4n) is 2.43. The van der Waals surface area contributed by atoms with Crippen LogP contribution < -0.4 is 9.47 Å². The highest BCUT2D eigenvalue weighted by molar-refractivity contribution is 6.05. The van der Waals surface area contributed by atoms with Gasteiger partial charge in [0.1, 0.15) is 11.5 Å². The van der Waals surface area contributed by atoms with Gasteiger partial charge in [-0.3, -0.25) is 4.79 Å². The Hall–Kier alpha value is -1.51. The van der Waals surface area contributed by atoms with E-state index in [1.165, 1.54) is 0 Å². The first-order chi connectivity index (χ1) is 7.51. The van der Waals surface area contributed by atoms with Gasteiger partial charge in [-0.25, -0.2) is 0 Å². The first-order valence-corrected chi connectivity index (χ1v) is 5.30. The molecule has 0 heterocycles. The predicted molar refractivity (Wildman–Crippen MR) is 61.5 cm³/mol. The Morgan fingerprint density at radius 3 is 2.25 bits per heavy atom. The minimum atomic E-state index is -0.174. The van der Waals surface area contributed by atoms with Gasteiger partial charge in [-0.2, -0.15) is 0 Å².